The molecular weight excluding hydrogens is 334 g/mol. The minimum atomic E-state index is 0. The van der Waals surface area contributed by atoms with Crippen molar-refractivity contribution in [3.63, 3.8) is 0 Å². The third kappa shape index (κ3) is 4.80. The Bertz CT molecular complexity index is 884. The third-order valence-corrected chi connectivity index (χ3v) is 5.07. The van der Waals surface area contributed by atoms with Gasteiger partial charge in [0.05, 0.1) is 11.7 Å². The van der Waals surface area contributed by atoms with Crippen LogP contribution in [-0.4, -0.2) is 34.2 Å². The molecule has 3 aromatic rings. The Morgan fingerprint density at radius 1 is 1.26 bits per heavy atom. The van der Waals surface area contributed by atoms with Gasteiger partial charge < -0.3 is 11.1 Å². The van der Waals surface area contributed by atoms with Gasteiger partial charge in [0.2, 0.25) is 0 Å². The van der Waals surface area contributed by atoms with Crippen LogP contribution < -0.4 is 11.1 Å². The molecule has 5 nitrogen and oxygen atoms in total. The monoisotopic (exact) mass is 371 g/mol. The van der Waals surface area contributed by atoms with Crippen molar-refractivity contribution in [1.82, 2.24) is 15.1 Å². The number of likely N-dealkylation sites (tertiary alicyclic amines) is 1. The summed E-state index contributed by atoms with van der Waals surface area (Å²) >= 11 is 0. The number of fused-ring (bicyclic) bond motifs is 1. The van der Waals surface area contributed by atoms with Crippen LogP contribution in [0, 0.1) is 6.92 Å². The normalized spacial score (nSPS) is 17.4. The molecule has 1 saturated heterocycles. The Hall–Kier alpha value is -2.53. The predicted octanol–water partition coefficient (Wildman–Crippen LogP) is 5.29. The van der Waals surface area contributed by atoms with Crippen molar-refractivity contribution >= 4 is 22.3 Å². The van der Waals surface area contributed by atoms with E-state index in [1.165, 1.54) is 24.1 Å². The number of H-pyrrole nitrogens is 1. The molecule has 27 heavy (non-hydrogen) atoms. The second-order valence-corrected chi connectivity index (χ2v) is 7.08. The van der Waals surface area contributed by atoms with Gasteiger partial charge in [-0.05, 0) is 61.7 Å². The van der Waals surface area contributed by atoms with Crippen LogP contribution in [0.2, 0.25) is 0 Å². The molecule has 1 atom stereocenters. The Labute approximate surface area is 166 Å². The van der Waals surface area contributed by atoms with E-state index in [1.807, 2.05) is 20.0 Å². The van der Waals surface area contributed by atoms with Crippen LogP contribution in [0.3, 0.4) is 0 Å². The number of nitrogens with zero attached hydrogens (tertiary/aromatic N) is 2. The maximum atomic E-state index is 6.05. The Kier molecular flexibility index (Phi) is 6.35. The zero-order valence-electron chi connectivity index (χ0n) is 16.6. The van der Waals surface area contributed by atoms with Crippen LogP contribution in [0.15, 0.2) is 42.6 Å². The summed E-state index contributed by atoms with van der Waals surface area (Å²) in [7, 11) is 0. The predicted molar refractivity (Wildman–Crippen MR) is 121 cm³/mol. The Morgan fingerprint density at radius 2 is 2.11 bits per heavy atom. The van der Waals surface area contributed by atoms with Crippen LogP contribution in [-0.2, 0) is 6.54 Å². The van der Waals surface area contributed by atoms with Crippen molar-refractivity contribution in [2.45, 2.75) is 46.2 Å². The molecule has 4 rings (SSSR count). The lowest BCUT2D eigenvalue weighted by Crippen LogP contribution is -2.41. The number of aromatic amines is 1. The summed E-state index contributed by atoms with van der Waals surface area (Å²) in [6.45, 7) is 9.21. The summed E-state index contributed by atoms with van der Waals surface area (Å²) in [4.78, 5) is 2.52. The molecule has 0 radical (unpaired) electrons. The molecule has 0 unspecified atom stereocenters. The van der Waals surface area contributed by atoms with Gasteiger partial charge >= 0.3 is 0 Å². The van der Waals surface area contributed by atoms with E-state index in [0.717, 1.165) is 41.8 Å². The van der Waals surface area contributed by atoms with Crippen LogP contribution in [0.25, 0.3) is 10.9 Å². The number of hydrogen-bond acceptors (Lipinski definition) is 4. The van der Waals surface area contributed by atoms with Crippen molar-refractivity contribution in [3.05, 3.63) is 53.7 Å². The second-order valence-electron chi connectivity index (χ2n) is 7.08. The molecule has 150 valence electrons. The second kappa shape index (κ2) is 8.91. The number of nitrogens with one attached hydrogen (secondary N) is 2. The van der Waals surface area contributed by atoms with E-state index >= 15 is 0 Å². The lowest BCUT2D eigenvalue weighted by atomic mass is 10.0. The molecule has 0 amide bonds. The molecule has 1 aromatic heterocycles. The van der Waals surface area contributed by atoms with Gasteiger partial charge in [0.15, 0.2) is 0 Å². The number of aryl methyl sites for hydroxylation is 1. The van der Waals surface area contributed by atoms with E-state index in [2.05, 4.69) is 63.7 Å². The van der Waals surface area contributed by atoms with Crippen LogP contribution in [0.1, 0.15) is 42.1 Å². The first kappa shape index (κ1) is 19.2. The highest BCUT2D eigenvalue weighted by Crippen LogP contribution is 2.22. The van der Waals surface area contributed by atoms with E-state index < -0.39 is 0 Å². The maximum absolute atomic E-state index is 6.05. The molecule has 1 fully saturated rings. The van der Waals surface area contributed by atoms with Gasteiger partial charge in [-0.1, -0.05) is 26.0 Å². The first-order valence-electron chi connectivity index (χ1n) is 9.94. The van der Waals surface area contributed by atoms with Gasteiger partial charge in [-0.3, -0.25) is 10.00 Å². The highest BCUT2D eigenvalue weighted by atomic mass is 15.2. The summed E-state index contributed by atoms with van der Waals surface area (Å²) in [6.07, 6.45) is 4.29. The maximum Gasteiger partial charge on any atom is 0.0651 e. The van der Waals surface area contributed by atoms with Gasteiger partial charge in [-0.25, -0.2) is 0 Å². The number of rotatable bonds is 4. The average Bonchev–Trinajstić information content (AvgIpc) is 3.15. The molecule has 5 heteroatoms. The van der Waals surface area contributed by atoms with Crippen LogP contribution in [0.5, 0.6) is 0 Å². The van der Waals surface area contributed by atoms with Crippen molar-refractivity contribution < 1.29 is 4.28 Å². The highest BCUT2D eigenvalue weighted by Gasteiger charge is 2.20. The van der Waals surface area contributed by atoms with Gasteiger partial charge in [0.25, 0.3) is 0 Å². The number of nitrogen functional groups attached to an aromatic ring is 1. The Morgan fingerprint density at radius 3 is 2.93 bits per heavy atom. The number of piperidine rings is 1. The van der Waals surface area contributed by atoms with Crippen molar-refractivity contribution in [3.8, 4) is 0 Å². The summed E-state index contributed by atoms with van der Waals surface area (Å²) < 4.78 is 0. The first-order chi connectivity index (χ1) is 13.2. The fraction of sp³-hybridized carbons (Fsp3) is 0.409. The molecule has 0 spiro atoms. The van der Waals surface area contributed by atoms with Gasteiger partial charge in [0.1, 0.15) is 0 Å². The summed E-state index contributed by atoms with van der Waals surface area (Å²) in [6, 6.07) is 13.3. The standard InChI is InChI=1S/C20H25N5.C2H6.3H2/c1-14-4-5-15(9-19(14)21)12-25-8-2-3-18(13-25)23-17-6-7-20-16(10-17)11-22-24-20;1-2;;;/h4-7,9-11,18,23H,2-3,8,12-13,21H2,1H3,(H,22,24);1-2H3;3*1H/t18-;;;;/m1..../s1. The Balaban J connectivity index is 0.00000163. The van der Waals surface area contributed by atoms with E-state index in [0.29, 0.717) is 6.04 Å². The molecule has 2 aromatic carbocycles. The number of benzene rings is 2. The largest absolute Gasteiger partial charge is 0.399 e. The summed E-state index contributed by atoms with van der Waals surface area (Å²) in [5.74, 6) is 0. The molecule has 1 aliphatic heterocycles. The van der Waals surface area contributed by atoms with Crippen LogP contribution in [0.4, 0.5) is 11.4 Å². The molecule has 0 saturated carbocycles. The lowest BCUT2D eigenvalue weighted by molar-refractivity contribution is 0.208. The minimum absolute atomic E-state index is 0. The van der Waals surface area contributed by atoms with Crippen molar-refractivity contribution in [2.24, 2.45) is 0 Å². The molecule has 0 bridgehead atoms. The molecule has 0 aliphatic carbocycles. The van der Waals surface area contributed by atoms with E-state index in [-0.39, 0.29) is 4.28 Å². The quantitative estimate of drug-likeness (QED) is 0.545. The fourth-order valence-electron chi connectivity index (χ4n) is 3.63. The SMILES string of the molecule is CC.Cc1ccc(CN2CCC[C@@H](Nc3ccc4[nH]ncc4c3)C2)cc1N.[HH].[HH].[HH]. The van der Waals surface area contributed by atoms with Gasteiger partial charge in [0, 0.05) is 40.2 Å². The number of aromatic nitrogens is 2. The number of hydrogen-bond donors (Lipinski definition) is 3. The smallest absolute Gasteiger partial charge is 0.0651 e. The zero-order chi connectivity index (χ0) is 19.2. The summed E-state index contributed by atoms with van der Waals surface area (Å²) in [5, 5.41) is 11.9. The average molecular weight is 372 g/mol. The lowest BCUT2D eigenvalue weighted by Gasteiger charge is -2.33. The first-order valence-corrected chi connectivity index (χ1v) is 9.94. The van der Waals surface area contributed by atoms with E-state index in [9.17, 15) is 0 Å². The molecule has 2 heterocycles. The van der Waals surface area contributed by atoms with E-state index in [1.54, 1.807) is 0 Å². The van der Waals surface area contributed by atoms with Crippen LogP contribution >= 0.6 is 0 Å². The van der Waals surface area contributed by atoms with E-state index in [4.69, 9.17) is 5.73 Å². The van der Waals surface area contributed by atoms with Crippen molar-refractivity contribution in [1.29, 1.82) is 0 Å². The zero-order valence-corrected chi connectivity index (χ0v) is 16.6. The molecule has 4 N–H and O–H groups in total. The minimum Gasteiger partial charge on any atom is -0.399 e. The molecule has 1 aliphatic rings. The van der Waals surface area contributed by atoms with Gasteiger partial charge in [-0.2, -0.15) is 5.10 Å². The molecular formula is C22H37N5. The number of anilines is 2. The van der Waals surface area contributed by atoms with Gasteiger partial charge in [-0.15, -0.1) is 0 Å². The fourth-order valence-corrected chi connectivity index (χ4v) is 3.63. The third-order valence-electron chi connectivity index (χ3n) is 5.07. The summed E-state index contributed by atoms with van der Waals surface area (Å²) in [5.41, 5.74) is 11.6. The topological polar surface area (TPSA) is 70.0 Å². The van der Waals surface area contributed by atoms with Crippen molar-refractivity contribution in [2.75, 3.05) is 24.1 Å². The number of nitrogens with two attached hydrogens (primary N) is 1. The highest BCUT2D eigenvalue weighted by molar-refractivity contribution is 5.81.